The van der Waals surface area contributed by atoms with Crippen LogP contribution in [0.1, 0.15) is 110 Å². The normalized spacial score (nSPS) is 16.8. The van der Waals surface area contributed by atoms with Crippen molar-refractivity contribution in [2.45, 2.75) is 153 Å². The van der Waals surface area contributed by atoms with Crippen LogP contribution in [-0.4, -0.2) is 131 Å². The van der Waals surface area contributed by atoms with E-state index in [-0.39, 0.29) is 63.0 Å². The van der Waals surface area contributed by atoms with Gasteiger partial charge in [-0.15, -0.1) is 0 Å². The Morgan fingerprint density at radius 2 is 1.34 bits per heavy atom. The van der Waals surface area contributed by atoms with Gasteiger partial charge >= 0.3 is 5.97 Å². The molecule has 0 bridgehead atoms. The van der Waals surface area contributed by atoms with E-state index in [0.29, 0.717) is 70.0 Å². The number of aromatic nitrogens is 1. The lowest BCUT2D eigenvalue weighted by Gasteiger charge is -2.31. The molecular weight excluding hydrogens is 863 g/mol. The molecule has 1 saturated heterocycles. The zero-order valence-electron chi connectivity index (χ0n) is 39.7. The Kier molecular flexibility index (Phi) is 23.5. The minimum absolute atomic E-state index is 0.0183. The second-order valence-electron chi connectivity index (χ2n) is 18.0. The quantitative estimate of drug-likeness (QED) is 0.0278. The Morgan fingerprint density at radius 1 is 0.776 bits per heavy atom. The SMILES string of the molecule is CC[C@H](C)[C@H](N)C(=O)N[C@@H](CCCN=C(N)N)C(=O)N1CCC[C@H]1C(=O)N[C@@H](CCCCN)C(=O)N[C@@H](CC(C)C)C(=O)N[C@@H](CCCCN)C(=O)N[C@@H](Cc1c[nH]c2ccccc12)C(=O)O. The highest BCUT2D eigenvalue weighted by Gasteiger charge is 2.40. The van der Waals surface area contributed by atoms with Gasteiger partial charge in [-0.1, -0.05) is 52.3 Å². The van der Waals surface area contributed by atoms with Gasteiger partial charge in [0.2, 0.25) is 35.4 Å². The number of benzene rings is 1. The Labute approximate surface area is 393 Å². The fourth-order valence-electron chi connectivity index (χ4n) is 8.08. The molecule has 17 N–H and O–H groups in total. The molecular formula is C46H77N13O8. The second-order valence-corrected chi connectivity index (χ2v) is 18.0. The number of para-hydroxylation sites is 1. The standard InChI is InChI=1S/C46H77N13O8/c1-5-28(4)38(49)43(64)56-34(18-12-22-52-46(50)51)44(65)59-23-13-19-37(59)42(63)55-33(17-9-11-21-48)39(60)57-35(24-27(2)3)41(62)54-32(16-8-10-20-47)40(61)58-36(45(66)67)25-29-26-53-31-15-7-6-14-30(29)31/h6-7,14-15,26-28,32-38,53H,5,8-13,16-25,47-49H2,1-4H3,(H,54,62)(H,55,63)(H,56,64)(H,57,60)(H,58,61)(H,66,67)(H4,50,51,52)/t28-,32-,33-,34-,35-,36-,37-,38-/m0/s1. The third-order valence-corrected chi connectivity index (χ3v) is 12.2. The van der Waals surface area contributed by atoms with E-state index in [9.17, 15) is 38.7 Å². The summed E-state index contributed by atoms with van der Waals surface area (Å²) in [5, 5.41) is 24.8. The van der Waals surface area contributed by atoms with E-state index in [0.717, 1.165) is 10.9 Å². The zero-order chi connectivity index (χ0) is 49.6. The number of unbranched alkanes of at least 4 members (excludes halogenated alkanes) is 2. The molecule has 2 heterocycles. The van der Waals surface area contributed by atoms with Gasteiger partial charge in [0.15, 0.2) is 5.96 Å². The first-order valence-electron chi connectivity index (χ1n) is 23.7. The molecule has 0 radical (unpaired) electrons. The smallest absolute Gasteiger partial charge is 0.326 e. The van der Waals surface area contributed by atoms with Crippen LogP contribution in [0.4, 0.5) is 0 Å². The van der Waals surface area contributed by atoms with Gasteiger partial charge in [0.05, 0.1) is 6.04 Å². The van der Waals surface area contributed by atoms with Gasteiger partial charge in [-0.3, -0.25) is 33.8 Å². The van der Waals surface area contributed by atoms with Crippen LogP contribution in [0.15, 0.2) is 35.5 Å². The first kappa shape index (κ1) is 55.5. The number of aromatic amines is 1. The highest BCUT2D eigenvalue weighted by atomic mass is 16.4. The maximum atomic E-state index is 14.2. The monoisotopic (exact) mass is 940 g/mol. The summed E-state index contributed by atoms with van der Waals surface area (Å²) >= 11 is 0. The van der Waals surface area contributed by atoms with Crippen molar-refractivity contribution in [2.75, 3.05) is 26.2 Å². The van der Waals surface area contributed by atoms with Crippen molar-refractivity contribution < 1.29 is 38.7 Å². The van der Waals surface area contributed by atoms with E-state index < -0.39 is 83.7 Å². The average molecular weight is 940 g/mol. The first-order valence-corrected chi connectivity index (χ1v) is 23.7. The van der Waals surface area contributed by atoms with Gasteiger partial charge in [0.25, 0.3) is 0 Å². The molecule has 1 aliphatic rings. The Morgan fingerprint density at radius 3 is 1.94 bits per heavy atom. The minimum Gasteiger partial charge on any atom is -0.480 e. The topological polar surface area (TPSA) is 361 Å². The summed E-state index contributed by atoms with van der Waals surface area (Å²) in [5.74, 6) is -5.22. The van der Waals surface area contributed by atoms with E-state index in [1.54, 1.807) is 6.20 Å². The number of likely N-dealkylation sites (tertiary alicyclic amines) is 1. The van der Waals surface area contributed by atoms with Gasteiger partial charge in [0.1, 0.15) is 36.3 Å². The lowest BCUT2D eigenvalue weighted by molar-refractivity contribution is -0.142. The number of nitrogens with one attached hydrogen (secondary N) is 6. The average Bonchev–Trinajstić information content (AvgIpc) is 3.95. The number of H-pyrrole nitrogens is 1. The van der Waals surface area contributed by atoms with E-state index >= 15 is 0 Å². The molecule has 374 valence electrons. The number of hydrogen-bond donors (Lipinski definition) is 12. The summed E-state index contributed by atoms with van der Waals surface area (Å²) in [6.45, 7) is 8.57. The predicted molar refractivity (Wildman–Crippen MR) is 257 cm³/mol. The first-order chi connectivity index (χ1) is 31.9. The third kappa shape index (κ3) is 17.7. The maximum Gasteiger partial charge on any atom is 0.326 e. The van der Waals surface area contributed by atoms with Crippen molar-refractivity contribution in [2.24, 2.45) is 45.5 Å². The number of carboxylic acid groups (broad SMARTS) is 1. The number of nitrogens with two attached hydrogens (primary N) is 5. The number of carbonyl (C=O) groups is 7. The number of amides is 6. The molecule has 0 spiro atoms. The molecule has 2 aromatic rings. The van der Waals surface area contributed by atoms with Crippen molar-refractivity contribution >= 4 is 58.3 Å². The summed E-state index contributed by atoms with van der Waals surface area (Å²) < 4.78 is 0. The number of hydrogen-bond acceptors (Lipinski definition) is 11. The number of guanidine groups is 1. The van der Waals surface area contributed by atoms with Gasteiger partial charge in [-0.25, -0.2) is 4.79 Å². The highest BCUT2D eigenvalue weighted by Crippen LogP contribution is 2.22. The van der Waals surface area contributed by atoms with E-state index in [4.69, 9.17) is 28.7 Å². The number of aliphatic imine (C=N–C) groups is 1. The van der Waals surface area contributed by atoms with Crippen LogP contribution in [0.2, 0.25) is 0 Å². The van der Waals surface area contributed by atoms with Crippen molar-refractivity contribution in [3.63, 3.8) is 0 Å². The van der Waals surface area contributed by atoms with E-state index in [1.165, 1.54) is 4.90 Å². The molecule has 1 aliphatic heterocycles. The summed E-state index contributed by atoms with van der Waals surface area (Å²) in [6.07, 6.45) is 6.09. The summed E-state index contributed by atoms with van der Waals surface area (Å²) in [7, 11) is 0. The molecule has 0 unspecified atom stereocenters. The lowest BCUT2D eigenvalue weighted by Crippen LogP contribution is -2.59. The molecule has 3 rings (SSSR count). The highest BCUT2D eigenvalue weighted by molar-refractivity contribution is 5.97. The Balaban J connectivity index is 1.81. The van der Waals surface area contributed by atoms with Crippen LogP contribution < -0.4 is 55.3 Å². The largest absolute Gasteiger partial charge is 0.480 e. The number of carboxylic acids is 1. The molecule has 1 aromatic heterocycles. The van der Waals surface area contributed by atoms with Crippen LogP contribution in [0.5, 0.6) is 0 Å². The minimum atomic E-state index is -1.32. The maximum absolute atomic E-state index is 14.2. The van der Waals surface area contributed by atoms with Crippen LogP contribution in [-0.2, 0) is 40.0 Å². The second kappa shape index (κ2) is 28.4. The number of nitrogens with zero attached hydrogens (tertiary/aromatic N) is 2. The fourth-order valence-corrected chi connectivity index (χ4v) is 8.08. The molecule has 6 amide bonds. The van der Waals surface area contributed by atoms with Gasteiger partial charge in [0, 0.05) is 36.6 Å². The number of rotatable bonds is 30. The molecule has 21 nitrogen and oxygen atoms in total. The molecule has 1 fully saturated rings. The van der Waals surface area contributed by atoms with Crippen molar-refractivity contribution in [1.29, 1.82) is 0 Å². The molecule has 21 heteroatoms. The lowest BCUT2D eigenvalue weighted by atomic mass is 9.98. The summed E-state index contributed by atoms with van der Waals surface area (Å²) in [4.78, 5) is 105. The van der Waals surface area contributed by atoms with Crippen LogP contribution in [0.25, 0.3) is 10.9 Å². The molecule has 67 heavy (non-hydrogen) atoms. The van der Waals surface area contributed by atoms with Crippen molar-refractivity contribution in [1.82, 2.24) is 36.5 Å². The molecule has 0 aliphatic carbocycles. The molecule has 8 atom stereocenters. The van der Waals surface area contributed by atoms with Crippen molar-refractivity contribution in [3.05, 3.63) is 36.0 Å². The number of aliphatic carboxylic acids is 1. The fraction of sp³-hybridized carbons (Fsp3) is 0.652. The number of carbonyl (C=O) groups excluding carboxylic acids is 6. The van der Waals surface area contributed by atoms with Crippen LogP contribution in [0.3, 0.4) is 0 Å². The van der Waals surface area contributed by atoms with Gasteiger partial charge in [-0.2, -0.15) is 0 Å². The van der Waals surface area contributed by atoms with Crippen LogP contribution in [0, 0.1) is 11.8 Å². The third-order valence-electron chi connectivity index (χ3n) is 12.2. The van der Waals surface area contributed by atoms with Crippen molar-refractivity contribution in [3.8, 4) is 0 Å². The summed E-state index contributed by atoms with van der Waals surface area (Å²) in [5.41, 5.74) is 30.2. The zero-order valence-corrected chi connectivity index (χ0v) is 39.7. The predicted octanol–water partition coefficient (Wildman–Crippen LogP) is -0.0589. The van der Waals surface area contributed by atoms with Gasteiger partial charge < -0.3 is 70.2 Å². The Hall–Kier alpha value is -5.80. The Bertz CT molecular complexity index is 1970. The van der Waals surface area contributed by atoms with E-state index in [1.807, 2.05) is 52.0 Å². The summed E-state index contributed by atoms with van der Waals surface area (Å²) in [6, 6.07) is -0.222. The van der Waals surface area contributed by atoms with Crippen LogP contribution >= 0.6 is 0 Å². The van der Waals surface area contributed by atoms with E-state index in [2.05, 4.69) is 36.6 Å². The molecule has 1 aromatic carbocycles. The molecule has 0 saturated carbocycles. The number of fused-ring (bicyclic) bond motifs is 1. The van der Waals surface area contributed by atoms with Gasteiger partial charge in [-0.05, 0) is 107 Å².